The summed E-state index contributed by atoms with van der Waals surface area (Å²) >= 11 is 3.36. The molecule has 0 atom stereocenters. The number of rotatable bonds is 4. The molecule has 2 heterocycles. The molecule has 23 heavy (non-hydrogen) atoms. The van der Waals surface area contributed by atoms with Crippen molar-refractivity contribution >= 4 is 27.8 Å². The molecule has 0 bridgehead atoms. The van der Waals surface area contributed by atoms with E-state index < -0.39 is 0 Å². The molecule has 1 aromatic carbocycles. The number of carbonyl (C=O) groups excluding carboxylic acids is 1. The molecule has 1 aliphatic heterocycles. The van der Waals surface area contributed by atoms with Crippen LogP contribution in [0, 0.1) is 0 Å². The second kappa shape index (κ2) is 7.52. The van der Waals surface area contributed by atoms with Crippen LogP contribution in [0.2, 0.25) is 0 Å². The van der Waals surface area contributed by atoms with Crippen LogP contribution < -0.4 is 10.2 Å². The summed E-state index contributed by atoms with van der Waals surface area (Å²) in [5, 5.41) is 2.88. The molecule has 0 aliphatic carbocycles. The maximum Gasteiger partial charge on any atom is 0.251 e. The van der Waals surface area contributed by atoms with E-state index in [0.717, 1.165) is 23.3 Å². The number of carbonyl (C=O) groups is 1. The van der Waals surface area contributed by atoms with Gasteiger partial charge in [0.15, 0.2) is 0 Å². The third-order valence-electron chi connectivity index (χ3n) is 3.51. The Kier molecular flexibility index (Phi) is 5.19. The molecule has 3 rings (SSSR count). The number of morpholine rings is 1. The first-order valence-electron chi connectivity index (χ1n) is 7.41. The van der Waals surface area contributed by atoms with Crippen LogP contribution in [0.1, 0.15) is 16.1 Å². The van der Waals surface area contributed by atoms with Gasteiger partial charge in [-0.15, -0.1) is 0 Å². The van der Waals surface area contributed by atoms with E-state index in [2.05, 4.69) is 36.1 Å². The van der Waals surface area contributed by atoms with Crippen molar-refractivity contribution in [1.29, 1.82) is 0 Å². The van der Waals surface area contributed by atoms with Crippen LogP contribution in [0.3, 0.4) is 0 Å². The van der Waals surface area contributed by atoms with Gasteiger partial charge in [0.1, 0.15) is 0 Å². The average molecular weight is 377 g/mol. The Labute approximate surface area is 143 Å². The largest absolute Gasteiger partial charge is 0.378 e. The lowest BCUT2D eigenvalue weighted by molar-refractivity contribution is 0.0950. The molecule has 0 saturated carbocycles. The molecular formula is C16H17BrN4O2. The number of nitrogens with zero attached hydrogens (tertiary/aromatic N) is 3. The normalized spacial score (nSPS) is 14.6. The van der Waals surface area contributed by atoms with Crippen LogP contribution in [-0.2, 0) is 11.3 Å². The number of hydrogen-bond acceptors (Lipinski definition) is 5. The van der Waals surface area contributed by atoms with Crippen molar-refractivity contribution in [3.8, 4) is 0 Å². The van der Waals surface area contributed by atoms with Gasteiger partial charge in [0, 0.05) is 29.3 Å². The van der Waals surface area contributed by atoms with Crippen LogP contribution in [-0.4, -0.2) is 42.2 Å². The summed E-state index contributed by atoms with van der Waals surface area (Å²) in [6.45, 7) is 3.31. The van der Waals surface area contributed by atoms with E-state index in [0.29, 0.717) is 31.3 Å². The zero-order chi connectivity index (χ0) is 16.1. The predicted molar refractivity (Wildman–Crippen MR) is 90.4 cm³/mol. The number of anilines is 1. The molecule has 1 aromatic heterocycles. The third kappa shape index (κ3) is 4.27. The lowest BCUT2D eigenvalue weighted by Gasteiger charge is -2.26. The highest BCUT2D eigenvalue weighted by atomic mass is 79.9. The minimum atomic E-state index is -0.127. The van der Waals surface area contributed by atoms with Gasteiger partial charge in [0.05, 0.1) is 25.5 Å². The molecule has 2 aromatic rings. The molecule has 0 spiro atoms. The number of hydrogen-bond donors (Lipinski definition) is 1. The van der Waals surface area contributed by atoms with Crippen molar-refractivity contribution in [3.63, 3.8) is 0 Å². The van der Waals surface area contributed by atoms with Gasteiger partial charge in [-0.3, -0.25) is 4.79 Å². The minimum absolute atomic E-state index is 0.127. The van der Waals surface area contributed by atoms with E-state index in [4.69, 9.17) is 4.74 Å². The first-order valence-corrected chi connectivity index (χ1v) is 8.20. The summed E-state index contributed by atoms with van der Waals surface area (Å²) in [7, 11) is 0. The standard InChI is InChI=1S/C16H17BrN4O2/c17-13-3-1-2-12(10-13)15(22)19-11-14-4-5-18-16(20-14)21-6-8-23-9-7-21/h1-5,10H,6-9,11H2,(H,19,22). The number of nitrogens with one attached hydrogen (secondary N) is 1. The van der Waals surface area contributed by atoms with Gasteiger partial charge in [0.25, 0.3) is 5.91 Å². The molecule has 1 N–H and O–H groups in total. The Bertz CT molecular complexity index is 689. The molecule has 6 nitrogen and oxygen atoms in total. The van der Waals surface area contributed by atoms with Gasteiger partial charge in [-0.1, -0.05) is 22.0 Å². The van der Waals surface area contributed by atoms with Crippen LogP contribution in [0.25, 0.3) is 0 Å². The summed E-state index contributed by atoms with van der Waals surface area (Å²) in [6.07, 6.45) is 1.72. The van der Waals surface area contributed by atoms with E-state index in [9.17, 15) is 4.79 Å². The van der Waals surface area contributed by atoms with Gasteiger partial charge >= 0.3 is 0 Å². The monoisotopic (exact) mass is 376 g/mol. The molecule has 1 aliphatic rings. The summed E-state index contributed by atoms with van der Waals surface area (Å²) in [5.74, 6) is 0.556. The number of aromatic nitrogens is 2. The van der Waals surface area contributed by atoms with Gasteiger partial charge in [-0.05, 0) is 24.3 Å². The van der Waals surface area contributed by atoms with Gasteiger partial charge in [0.2, 0.25) is 5.95 Å². The molecule has 0 unspecified atom stereocenters. The maximum atomic E-state index is 12.2. The Balaban J connectivity index is 1.63. The lowest BCUT2D eigenvalue weighted by Crippen LogP contribution is -2.37. The highest BCUT2D eigenvalue weighted by Crippen LogP contribution is 2.12. The van der Waals surface area contributed by atoms with Crippen molar-refractivity contribution in [2.24, 2.45) is 0 Å². The third-order valence-corrected chi connectivity index (χ3v) is 4.00. The van der Waals surface area contributed by atoms with Crippen molar-refractivity contribution in [1.82, 2.24) is 15.3 Å². The van der Waals surface area contributed by atoms with E-state index in [-0.39, 0.29) is 5.91 Å². The smallest absolute Gasteiger partial charge is 0.251 e. The summed E-state index contributed by atoms with van der Waals surface area (Å²) in [5.41, 5.74) is 1.40. The fourth-order valence-corrected chi connectivity index (χ4v) is 2.70. The van der Waals surface area contributed by atoms with Gasteiger partial charge < -0.3 is 15.0 Å². The molecule has 1 amide bonds. The van der Waals surface area contributed by atoms with Crippen LogP contribution >= 0.6 is 15.9 Å². The van der Waals surface area contributed by atoms with E-state index >= 15 is 0 Å². The molecule has 7 heteroatoms. The first kappa shape index (κ1) is 15.9. The fourth-order valence-electron chi connectivity index (χ4n) is 2.30. The highest BCUT2D eigenvalue weighted by molar-refractivity contribution is 9.10. The van der Waals surface area contributed by atoms with E-state index in [1.165, 1.54) is 0 Å². The van der Waals surface area contributed by atoms with Crippen molar-refractivity contribution in [2.45, 2.75) is 6.54 Å². The van der Waals surface area contributed by atoms with Gasteiger partial charge in [-0.25, -0.2) is 9.97 Å². The quantitative estimate of drug-likeness (QED) is 0.883. The Morgan fingerprint density at radius 3 is 2.91 bits per heavy atom. The summed E-state index contributed by atoms with van der Waals surface area (Å²) in [6, 6.07) is 9.09. The fraction of sp³-hybridized carbons (Fsp3) is 0.312. The summed E-state index contributed by atoms with van der Waals surface area (Å²) < 4.78 is 6.21. The van der Waals surface area contributed by atoms with Crippen molar-refractivity contribution in [2.75, 3.05) is 31.2 Å². The lowest BCUT2D eigenvalue weighted by atomic mass is 10.2. The zero-order valence-corrected chi connectivity index (χ0v) is 14.1. The molecule has 0 radical (unpaired) electrons. The maximum absolute atomic E-state index is 12.2. The van der Waals surface area contributed by atoms with Crippen LogP contribution in [0.5, 0.6) is 0 Å². The molecule has 120 valence electrons. The Morgan fingerprint density at radius 2 is 2.13 bits per heavy atom. The second-order valence-corrected chi connectivity index (χ2v) is 6.06. The highest BCUT2D eigenvalue weighted by Gasteiger charge is 2.14. The number of halogens is 1. The number of ether oxygens (including phenoxy) is 1. The van der Waals surface area contributed by atoms with E-state index in [1.807, 2.05) is 18.2 Å². The van der Waals surface area contributed by atoms with Crippen LogP contribution in [0.15, 0.2) is 41.0 Å². The SMILES string of the molecule is O=C(NCc1ccnc(N2CCOCC2)n1)c1cccc(Br)c1. The van der Waals surface area contributed by atoms with Crippen molar-refractivity contribution < 1.29 is 9.53 Å². The average Bonchev–Trinajstić information content (AvgIpc) is 2.61. The van der Waals surface area contributed by atoms with E-state index in [1.54, 1.807) is 18.3 Å². The van der Waals surface area contributed by atoms with Crippen molar-refractivity contribution in [3.05, 3.63) is 52.3 Å². The molecular weight excluding hydrogens is 360 g/mol. The Morgan fingerprint density at radius 1 is 1.30 bits per heavy atom. The minimum Gasteiger partial charge on any atom is -0.378 e. The molecule has 1 fully saturated rings. The molecule has 1 saturated heterocycles. The summed E-state index contributed by atoms with van der Waals surface area (Å²) in [4.78, 5) is 23.1. The number of amides is 1. The second-order valence-electron chi connectivity index (χ2n) is 5.14. The predicted octanol–water partition coefficient (Wildman–Crippen LogP) is 2.01. The zero-order valence-electron chi connectivity index (χ0n) is 12.5. The number of benzene rings is 1. The van der Waals surface area contributed by atoms with Crippen LogP contribution in [0.4, 0.5) is 5.95 Å². The Hall–Kier alpha value is -1.99. The van der Waals surface area contributed by atoms with Gasteiger partial charge in [-0.2, -0.15) is 0 Å². The topological polar surface area (TPSA) is 67.4 Å². The first-order chi connectivity index (χ1) is 11.2.